The Balaban J connectivity index is 3.08. The maximum absolute atomic E-state index is 13.3. The lowest BCUT2D eigenvalue weighted by molar-refractivity contribution is -0.142. The van der Waals surface area contributed by atoms with Crippen molar-refractivity contribution in [2.75, 3.05) is 18.6 Å². The number of carbonyl (C=O) groups excluding carboxylic acids is 3. The molecule has 0 aliphatic carbocycles. The highest BCUT2D eigenvalue weighted by molar-refractivity contribution is 7.98. The number of aliphatic imine (C=N–C) groups is 1. The summed E-state index contributed by atoms with van der Waals surface area (Å²) >= 11 is 1.51. The second kappa shape index (κ2) is 18.1. The number of carboxylic acid groups (broad SMARTS) is 1. The highest BCUT2D eigenvalue weighted by atomic mass is 32.2. The van der Waals surface area contributed by atoms with Gasteiger partial charge in [0.05, 0.1) is 6.04 Å². The number of aliphatic carboxylic acids is 1. The Labute approximate surface area is 234 Å². The van der Waals surface area contributed by atoms with Crippen molar-refractivity contribution < 1.29 is 24.3 Å². The summed E-state index contributed by atoms with van der Waals surface area (Å²) in [6, 6.07) is 5.03. The van der Waals surface area contributed by atoms with E-state index in [1.54, 1.807) is 24.3 Å². The third-order valence-electron chi connectivity index (χ3n) is 6.28. The van der Waals surface area contributed by atoms with Gasteiger partial charge >= 0.3 is 5.97 Å². The van der Waals surface area contributed by atoms with Crippen LogP contribution in [0.5, 0.6) is 0 Å². The van der Waals surface area contributed by atoms with E-state index in [2.05, 4.69) is 20.9 Å². The number of carboxylic acids is 1. The molecule has 5 unspecified atom stereocenters. The van der Waals surface area contributed by atoms with E-state index in [4.69, 9.17) is 17.2 Å². The number of nitrogens with zero attached hydrogens (tertiary/aromatic N) is 1. The van der Waals surface area contributed by atoms with E-state index in [-0.39, 0.29) is 31.3 Å². The van der Waals surface area contributed by atoms with Gasteiger partial charge in [0.15, 0.2) is 5.96 Å². The number of amides is 3. The van der Waals surface area contributed by atoms with Crippen molar-refractivity contribution in [3.05, 3.63) is 35.9 Å². The summed E-state index contributed by atoms with van der Waals surface area (Å²) in [7, 11) is 0. The van der Waals surface area contributed by atoms with Gasteiger partial charge in [-0.25, -0.2) is 4.79 Å². The standard InChI is InChI=1S/C26H43N7O5S/c1-4-16(2)21(27)24(36)31-18(12-14-39-3)22(34)33-20(15-17-9-6-5-7-10-17)23(35)32-19(25(37)38)11-8-13-30-26(28)29/h5-7,9-10,16,18-21H,4,8,11-15,27H2,1-3H3,(H,31,36)(H,32,35)(H,33,34)(H,37,38)(H4,28,29,30). The molecule has 0 heterocycles. The zero-order valence-corrected chi connectivity index (χ0v) is 23.7. The molecule has 0 aromatic heterocycles. The Morgan fingerprint density at radius 2 is 1.54 bits per heavy atom. The molecule has 0 fully saturated rings. The topological polar surface area (TPSA) is 215 Å². The van der Waals surface area contributed by atoms with Gasteiger partial charge in [0, 0.05) is 13.0 Å². The molecule has 0 saturated heterocycles. The van der Waals surface area contributed by atoms with E-state index >= 15 is 0 Å². The number of guanidine groups is 1. The van der Waals surface area contributed by atoms with Gasteiger partial charge in [-0.3, -0.25) is 19.4 Å². The van der Waals surface area contributed by atoms with Gasteiger partial charge in [-0.1, -0.05) is 50.6 Å². The van der Waals surface area contributed by atoms with Crippen molar-refractivity contribution in [2.45, 2.75) is 70.1 Å². The van der Waals surface area contributed by atoms with Gasteiger partial charge < -0.3 is 38.3 Å². The van der Waals surface area contributed by atoms with E-state index in [0.29, 0.717) is 25.0 Å². The average Bonchev–Trinajstić information content (AvgIpc) is 2.91. The molecule has 5 atom stereocenters. The average molecular weight is 566 g/mol. The number of hydrogen-bond donors (Lipinski definition) is 7. The molecule has 0 saturated carbocycles. The van der Waals surface area contributed by atoms with Crippen LogP contribution in [0.4, 0.5) is 0 Å². The molecule has 10 N–H and O–H groups in total. The van der Waals surface area contributed by atoms with Crippen molar-refractivity contribution in [3.8, 4) is 0 Å². The first-order valence-corrected chi connectivity index (χ1v) is 14.4. The Hall–Kier alpha value is -3.32. The lowest BCUT2D eigenvalue weighted by Gasteiger charge is -2.26. The molecule has 1 aromatic rings. The summed E-state index contributed by atoms with van der Waals surface area (Å²) in [5.74, 6) is -2.47. The summed E-state index contributed by atoms with van der Waals surface area (Å²) in [4.78, 5) is 55.0. The largest absolute Gasteiger partial charge is 0.480 e. The number of thioether (sulfide) groups is 1. The quantitative estimate of drug-likeness (QED) is 0.0720. The van der Waals surface area contributed by atoms with E-state index < -0.39 is 47.9 Å². The van der Waals surface area contributed by atoms with Crippen molar-refractivity contribution in [1.29, 1.82) is 0 Å². The van der Waals surface area contributed by atoms with Crippen LogP contribution in [0.25, 0.3) is 0 Å². The minimum atomic E-state index is -1.22. The van der Waals surface area contributed by atoms with Crippen LogP contribution >= 0.6 is 11.8 Å². The van der Waals surface area contributed by atoms with Crippen LogP contribution in [0.15, 0.2) is 35.3 Å². The van der Waals surface area contributed by atoms with Crippen LogP contribution in [0, 0.1) is 5.92 Å². The molecule has 13 heteroatoms. The molecule has 0 bridgehead atoms. The fourth-order valence-electron chi connectivity index (χ4n) is 3.65. The van der Waals surface area contributed by atoms with Crippen LogP contribution in [0.1, 0.15) is 45.1 Å². The lowest BCUT2D eigenvalue weighted by atomic mass is 9.99. The van der Waals surface area contributed by atoms with Crippen molar-refractivity contribution in [3.63, 3.8) is 0 Å². The number of hydrogen-bond acceptors (Lipinski definition) is 7. The van der Waals surface area contributed by atoms with Gasteiger partial charge in [-0.05, 0) is 42.8 Å². The van der Waals surface area contributed by atoms with Crippen LogP contribution < -0.4 is 33.2 Å². The van der Waals surface area contributed by atoms with Gasteiger partial charge in [0.1, 0.15) is 18.1 Å². The smallest absolute Gasteiger partial charge is 0.326 e. The fourth-order valence-corrected chi connectivity index (χ4v) is 4.12. The second-order valence-electron chi connectivity index (χ2n) is 9.35. The van der Waals surface area contributed by atoms with E-state index in [1.807, 2.05) is 26.2 Å². The molecule has 1 rings (SSSR count). The van der Waals surface area contributed by atoms with Gasteiger partial charge in [-0.2, -0.15) is 11.8 Å². The number of nitrogens with one attached hydrogen (secondary N) is 3. The van der Waals surface area contributed by atoms with Gasteiger partial charge in [-0.15, -0.1) is 0 Å². The fraction of sp³-hybridized carbons (Fsp3) is 0.577. The summed E-state index contributed by atoms with van der Waals surface area (Å²) in [6.07, 6.45) is 3.44. The zero-order chi connectivity index (χ0) is 29.4. The number of benzene rings is 1. The lowest BCUT2D eigenvalue weighted by Crippen LogP contribution is -2.58. The predicted molar refractivity (Wildman–Crippen MR) is 154 cm³/mol. The minimum Gasteiger partial charge on any atom is -0.480 e. The third kappa shape index (κ3) is 12.9. The number of rotatable bonds is 18. The molecular formula is C26H43N7O5S. The number of nitrogens with two attached hydrogens (primary N) is 3. The van der Waals surface area contributed by atoms with Crippen molar-refractivity contribution in [2.24, 2.45) is 28.1 Å². The Bertz CT molecular complexity index is 959. The minimum absolute atomic E-state index is 0.0780. The highest BCUT2D eigenvalue weighted by Crippen LogP contribution is 2.10. The molecule has 1 aromatic carbocycles. The van der Waals surface area contributed by atoms with Crippen LogP contribution in [-0.2, 0) is 25.6 Å². The zero-order valence-electron chi connectivity index (χ0n) is 22.9. The summed E-state index contributed by atoms with van der Waals surface area (Å²) in [5, 5.41) is 17.6. The first-order chi connectivity index (χ1) is 18.5. The molecule has 12 nitrogen and oxygen atoms in total. The predicted octanol–water partition coefficient (Wildman–Crippen LogP) is -0.0518. The summed E-state index contributed by atoms with van der Waals surface area (Å²) in [5.41, 5.74) is 17.4. The highest BCUT2D eigenvalue weighted by Gasteiger charge is 2.31. The molecule has 218 valence electrons. The molecular weight excluding hydrogens is 522 g/mol. The monoisotopic (exact) mass is 565 g/mol. The molecule has 3 amide bonds. The molecule has 0 spiro atoms. The molecule has 0 aliphatic rings. The second-order valence-corrected chi connectivity index (χ2v) is 10.3. The maximum Gasteiger partial charge on any atom is 0.326 e. The van der Waals surface area contributed by atoms with E-state index in [0.717, 1.165) is 5.56 Å². The SMILES string of the molecule is CCC(C)C(N)C(=O)NC(CCSC)C(=O)NC(Cc1ccccc1)C(=O)NC(CCCN=C(N)N)C(=O)O. The van der Waals surface area contributed by atoms with Crippen LogP contribution in [-0.4, -0.2) is 77.5 Å². The Kier molecular flexibility index (Phi) is 15.6. The number of carbonyl (C=O) groups is 4. The van der Waals surface area contributed by atoms with Crippen molar-refractivity contribution in [1.82, 2.24) is 16.0 Å². The Morgan fingerprint density at radius 3 is 2.10 bits per heavy atom. The summed E-state index contributed by atoms with van der Waals surface area (Å²) in [6.45, 7) is 3.99. The van der Waals surface area contributed by atoms with Crippen LogP contribution in [0.3, 0.4) is 0 Å². The molecule has 0 aliphatic heterocycles. The third-order valence-corrected chi connectivity index (χ3v) is 6.92. The Morgan fingerprint density at radius 1 is 0.949 bits per heavy atom. The molecule has 0 radical (unpaired) electrons. The first-order valence-electron chi connectivity index (χ1n) is 13.0. The normalized spacial score (nSPS) is 14.7. The molecule has 39 heavy (non-hydrogen) atoms. The van der Waals surface area contributed by atoms with Crippen molar-refractivity contribution >= 4 is 41.4 Å². The van der Waals surface area contributed by atoms with Crippen LogP contribution in [0.2, 0.25) is 0 Å². The first kappa shape index (κ1) is 33.7. The van der Waals surface area contributed by atoms with Gasteiger partial charge in [0.25, 0.3) is 0 Å². The maximum atomic E-state index is 13.3. The van der Waals surface area contributed by atoms with E-state index in [1.165, 1.54) is 11.8 Å². The van der Waals surface area contributed by atoms with E-state index in [9.17, 15) is 24.3 Å². The van der Waals surface area contributed by atoms with Gasteiger partial charge in [0.2, 0.25) is 17.7 Å². The summed E-state index contributed by atoms with van der Waals surface area (Å²) < 4.78 is 0.